The fourth-order valence-corrected chi connectivity index (χ4v) is 2.91. The number of benzene rings is 1. The molecule has 0 spiro atoms. The molecular weight excluding hydrogens is 256 g/mol. The number of ether oxygens (including phenoxy) is 3. The Labute approximate surface area is 120 Å². The number of hydrogen-bond acceptors (Lipinski definition) is 4. The van der Waals surface area contributed by atoms with Crippen molar-refractivity contribution in [1.29, 1.82) is 0 Å². The minimum atomic E-state index is -0.526. The van der Waals surface area contributed by atoms with Crippen LogP contribution in [0.5, 0.6) is 11.5 Å². The van der Waals surface area contributed by atoms with Gasteiger partial charge in [0.25, 0.3) is 0 Å². The number of aliphatic hydroxyl groups is 1. The summed E-state index contributed by atoms with van der Waals surface area (Å²) >= 11 is 0. The fraction of sp³-hybridized carbons (Fsp3) is 0.625. The number of aliphatic hydroxyl groups excluding tert-OH is 1. The normalized spacial score (nSPS) is 25.8. The van der Waals surface area contributed by atoms with Crippen LogP contribution in [0, 0.1) is 0 Å². The molecule has 0 aliphatic carbocycles. The average Bonchev–Trinajstić information content (AvgIpc) is 2.36. The van der Waals surface area contributed by atoms with E-state index >= 15 is 0 Å². The van der Waals surface area contributed by atoms with Crippen molar-refractivity contribution in [1.82, 2.24) is 0 Å². The summed E-state index contributed by atoms with van der Waals surface area (Å²) in [4.78, 5) is 0. The van der Waals surface area contributed by atoms with Gasteiger partial charge in [0.2, 0.25) is 0 Å². The lowest BCUT2D eigenvalue weighted by atomic mass is 9.82. The molecule has 1 aliphatic rings. The number of methoxy groups -OCH3 is 2. The SMILES string of the molecule is COc1ccc2c(c1)OC(C)(CC(C)(C)OC)C[C@H]2O. The summed E-state index contributed by atoms with van der Waals surface area (Å²) in [6, 6.07) is 5.53. The van der Waals surface area contributed by atoms with E-state index < -0.39 is 11.7 Å². The Kier molecular flexibility index (Phi) is 3.98. The minimum absolute atomic E-state index is 0.301. The highest BCUT2D eigenvalue weighted by Crippen LogP contribution is 2.44. The van der Waals surface area contributed by atoms with Crippen LogP contribution >= 0.6 is 0 Å². The van der Waals surface area contributed by atoms with Crippen LogP contribution in [0.1, 0.15) is 45.3 Å². The molecule has 112 valence electrons. The summed E-state index contributed by atoms with van der Waals surface area (Å²) in [6.07, 6.45) is 0.728. The smallest absolute Gasteiger partial charge is 0.129 e. The van der Waals surface area contributed by atoms with Gasteiger partial charge in [-0.3, -0.25) is 0 Å². The zero-order valence-corrected chi connectivity index (χ0v) is 12.9. The van der Waals surface area contributed by atoms with Gasteiger partial charge in [0, 0.05) is 31.6 Å². The van der Waals surface area contributed by atoms with Crippen LogP contribution in [-0.2, 0) is 4.74 Å². The lowest BCUT2D eigenvalue weighted by Gasteiger charge is -2.42. The molecule has 4 heteroatoms. The Morgan fingerprint density at radius 1 is 1.40 bits per heavy atom. The molecule has 0 fully saturated rings. The van der Waals surface area contributed by atoms with E-state index in [4.69, 9.17) is 14.2 Å². The Morgan fingerprint density at radius 3 is 2.70 bits per heavy atom. The van der Waals surface area contributed by atoms with Gasteiger partial charge < -0.3 is 19.3 Å². The molecule has 1 aromatic carbocycles. The molecule has 20 heavy (non-hydrogen) atoms. The molecule has 0 aromatic heterocycles. The summed E-state index contributed by atoms with van der Waals surface area (Å²) in [5.41, 5.74) is 0.0573. The number of fused-ring (bicyclic) bond motifs is 1. The summed E-state index contributed by atoms with van der Waals surface area (Å²) in [5, 5.41) is 10.4. The fourth-order valence-electron chi connectivity index (χ4n) is 2.91. The molecular formula is C16H24O4. The highest BCUT2D eigenvalue weighted by Gasteiger charge is 2.41. The third kappa shape index (κ3) is 3.07. The molecule has 4 nitrogen and oxygen atoms in total. The lowest BCUT2D eigenvalue weighted by molar-refractivity contribution is -0.0747. The van der Waals surface area contributed by atoms with E-state index in [9.17, 15) is 5.11 Å². The van der Waals surface area contributed by atoms with Crippen LogP contribution in [0.3, 0.4) is 0 Å². The van der Waals surface area contributed by atoms with Gasteiger partial charge in [0.05, 0.1) is 18.8 Å². The van der Waals surface area contributed by atoms with E-state index in [1.165, 1.54) is 0 Å². The largest absolute Gasteiger partial charge is 0.497 e. The first-order chi connectivity index (χ1) is 9.28. The average molecular weight is 280 g/mol. The molecule has 0 saturated carbocycles. The Morgan fingerprint density at radius 2 is 2.10 bits per heavy atom. The number of rotatable bonds is 4. The van der Waals surface area contributed by atoms with Crippen LogP contribution < -0.4 is 9.47 Å². The van der Waals surface area contributed by atoms with Crippen molar-refractivity contribution in [2.75, 3.05) is 14.2 Å². The highest BCUT2D eigenvalue weighted by molar-refractivity contribution is 5.44. The molecule has 0 radical (unpaired) electrons. The molecule has 0 saturated heterocycles. The van der Waals surface area contributed by atoms with Crippen LogP contribution in [0.15, 0.2) is 18.2 Å². The zero-order valence-electron chi connectivity index (χ0n) is 12.9. The van der Waals surface area contributed by atoms with Gasteiger partial charge in [-0.1, -0.05) is 0 Å². The molecule has 1 N–H and O–H groups in total. The molecule has 2 atom stereocenters. The van der Waals surface area contributed by atoms with Crippen molar-refractivity contribution in [3.8, 4) is 11.5 Å². The van der Waals surface area contributed by atoms with Gasteiger partial charge in [0.1, 0.15) is 17.1 Å². The van der Waals surface area contributed by atoms with Crippen molar-refractivity contribution < 1.29 is 19.3 Å². The van der Waals surface area contributed by atoms with Gasteiger partial charge in [-0.05, 0) is 32.9 Å². The standard InChI is InChI=1S/C16H24O4/c1-15(2,19-5)10-16(3)9-13(17)12-7-6-11(18-4)8-14(12)20-16/h6-8,13,17H,9-10H2,1-5H3/t13-,16?/m1/s1. The lowest BCUT2D eigenvalue weighted by Crippen LogP contribution is -2.44. The van der Waals surface area contributed by atoms with Gasteiger partial charge in [-0.2, -0.15) is 0 Å². The first-order valence-electron chi connectivity index (χ1n) is 6.89. The highest BCUT2D eigenvalue weighted by atomic mass is 16.5. The summed E-state index contributed by atoms with van der Waals surface area (Å²) in [5.74, 6) is 1.42. The maximum atomic E-state index is 10.4. The maximum Gasteiger partial charge on any atom is 0.129 e. The van der Waals surface area contributed by atoms with E-state index in [1.54, 1.807) is 14.2 Å². The Balaban J connectivity index is 2.29. The first-order valence-corrected chi connectivity index (χ1v) is 6.89. The maximum absolute atomic E-state index is 10.4. The van der Waals surface area contributed by atoms with Gasteiger partial charge in [-0.15, -0.1) is 0 Å². The second-order valence-electron chi connectivity index (χ2n) is 6.32. The molecule has 0 bridgehead atoms. The van der Waals surface area contributed by atoms with Crippen molar-refractivity contribution in [3.63, 3.8) is 0 Å². The molecule has 1 aliphatic heterocycles. The molecule has 1 unspecified atom stereocenters. The third-order valence-corrected chi connectivity index (χ3v) is 3.91. The zero-order chi connectivity index (χ0) is 15.0. The second kappa shape index (κ2) is 5.26. The minimum Gasteiger partial charge on any atom is -0.497 e. The number of hydrogen-bond donors (Lipinski definition) is 1. The third-order valence-electron chi connectivity index (χ3n) is 3.91. The van der Waals surface area contributed by atoms with Crippen LogP contribution in [0.2, 0.25) is 0 Å². The first kappa shape index (κ1) is 15.1. The van der Waals surface area contributed by atoms with E-state index in [1.807, 2.05) is 39.0 Å². The summed E-state index contributed by atoms with van der Waals surface area (Å²) in [6.45, 7) is 6.06. The van der Waals surface area contributed by atoms with Crippen LogP contribution in [0.25, 0.3) is 0 Å². The van der Waals surface area contributed by atoms with Crippen molar-refractivity contribution in [2.45, 2.75) is 50.9 Å². The van der Waals surface area contributed by atoms with Gasteiger partial charge >= 0.3 is 0 Å². The van der Waals surface area contributed by atoms with Gasteiger partial charge in [-0.25, -0.2) is 0 Å². The van der Waals surface area contributed by atoms with Crippen molar-refractivity contribution in [2.24, 2.45) is 0 Å². The second-order valence-corrected chi connectivity index (χ2v) is 6.32. The molecule has 2 rings (SSSR count). The Bertz CT molecular complexity index is 483. The molecule has 0 amide bonds. The van der Waals surface area contributed by atoms with Crippen LogP contribution in [-0.4, -0.2) is 30.5 Å². The molecule has 1 aromatic rings. The van der Waals surface area contributed by atoms with E-state index in [2.05, 4.69) is 0 Å². The van der Waals surface area contributed by atoms with E-state index in [-0.39, 0.29) is 5.60 Å². The Hall–Kier alpha value is -1.26. The van der Waals surface area contributed by atoms with E-state index in [0.29, 0.717) is 18.6 Å². The van der Waals surface area contributed by atoms with Crippen molar-refractivity contribution in [3.05, 3.63) is 23.8 Å². The summed E-state index contributed by atoms with van der Waals surface area (Å²) < 4.78 is 16.9. The molecule has 1 heterocycles. The van der Waals surface area contributed by atoms with E-state index in [0.717, 1.165) is 11.3 Å². The predicted octanol–water partition coefficient (Wildman–Crippen LogP) is 3.08. The topological polar surface area (TPSA) is 47.9 Å². The van der Waals surface area contributed by atoms with Crippen molar-refractivity contribution >= 4 is 0 Å². The quantitative estimate of drug-likeness (QED) is 0.920. The van der Waals surface area contributed by atoms with Crippen LogP contribution in [0.4, 0.5) is 0 Å². The monoisotopic (exact) mass is 280 g/mol. The predicted molar refractivity (Wildman–Crippen MR) is 77.3 cm³/mol. The van der Waals surface area contributed by atoms with Gasteiger partial charge in [0.15, 0.2) is 0 Å². The summed E-state index contributed by atoms with van der Waals surface area (Å²) in [7, 11) is 3.31.